The fourth-order valence-electron chi connectivity index (χ4n) is 2.72. The molecule has 0 atom stereocenters. The van der Waals surface area contributed by atoms with Crippen LogP contribution in [0.1, 0.15) is 32.1 Å². The standard InChI is InChI=1S/C17H17N5O4/c1-10-7-11(2)22(20-10)9-15(24)19-18-14(23)8-21-16(25)12-5-3-4-6-13(12)17(21)26/h3-7H,8-9H2,1-2H3,(H,18,23)(H,19,24). The molecule has 0 aliphatic carbocycles. The van der Waals surface area contributed by atoms with E-state index in [1.807, 2.05) is 19.9 Å². The van der Waals surface area contributed by atoms with Gasteiger partial charge in [-0.2, -0.15) is 5.10 Å². The predicted molar refractivity (Wildman–Crippen MR) is 89.8 cm³/mol. The average Bonchev–Trinajstić information content (AvgIpc) is 3.04. The third-order valence-electron chi connectivity index (χ3n) is 3.92. The van der Waals surface area contributed by atoms with E-state index in [9.17, 15) is 19.2 Å². The van der Waals surface area contributed by atoms with Gasteiger partial charge in [-0.1, -0.05) is 12.1 Å². The first-order chi connectivity index (χ1) is 12.4. The van der Waals surface area contributed by atoms with E-state index in [1.165, 1.54) is 16.8 Å². The lowest BCUT2D eigenvalue weighted by atomic mass is 10.1. The molecule has 0 saturated carbocycles. The number of hydrogen-bond donors (Lipinski definition) is 2. The molecule has 1 aromatic heterocycles. The van der Waals surface area contributed by atoms with E-state index in [0.717, 1.165) is 16.3 Å². The largest absolute Gasteiger partial charge is 0.271 e. The van der Waals surface area contributed by atoms with Gasteiger partial charge in [0.05, 0.1) is 16.8 Å². The Morgan fingerprint density at radius 1 is 0.962 bits per heavy atom. The Hall–Kier alpha value is -3.49. The number of carbonyl (C=O) groups is 4. The lowest BCUT2D eigenvalue weighted by Gasteiger charge is -2.14. The number of aromatic nitrogens is 2. The van der Waals surface area contributed by atoms with Crippen molar-refractivity contribution in [3.63, 3.8) is 0 Å². The van der Waals surface area contributed by atoms with Crippen molar-refractivity contribution >= 4 is 23.6 Å². The van der Waals surface area contributed by atoms with Crippen molar-refractivity contribution in [1.82, 2.24) is 25.5 Å². The number of carbonyl (C=O) groups excluding carboxylic acids is 4. The molecular formula is C17H17N5O4. The molecule has 0 spiro atoms. The van der Waals surface area contributed by atoms with Crippen molar-refractivity contribution in [2.75, 3.05) is 6.54 Å². The summed E-state index contributed by atoms with van der Waals surface area (Å²) >= 11 is 0. The monoisotopic (exact) mass is 355 g/mol. The molecule has 2 heterocycles. The number of imide groups is 1. The van der Waals surface area contributed by atoms with Gasteiger partial charge in [0, 0.05) is 5.69 Å². The summed E-state index contributed by atoms with van der Waals surface area (Å²) in [5, 5.41) is 4.15. The molecule has 0 radical (unpaired) electrons. The molecule has 2 N–H and O–H groups in total. The van der Waals surface area contributed by atoms with E-state index in [1.54, 1.807) is 12.1 Å². The van der Waals surface area contributed by atoms with Crippen LogP contribution in [0.4, 0.5) is 0 Å². The molecule has 0 fully saturated rings. The minimum Gasteiger partial charge on any atom is -0.271 e. The van der Waals surface area contributed by atoms with Gasteiger partial charge in [0.1, 0.15) is 13.1 Å². The molecule has 9 nitrogen and oxygen atoms in total. The first kappa shape index (κ1) is 17.3. The van der Waals surface area contributed by atoms with E-state index in [0.29, 0.717) is 0 Å². The summed E-state index contributed by atoms with van der Waals surface area (Å²) in [5.41, 5.74) is 6.56. The predicted octanol–water partition coefficient (Wildman–Crippen LogP) is -0.0565. The van der Waals surface area contributed by atoms with E-state index >= 15 is 0 Å². The molecule has 0 saturated heterocycles. The number of rotatable bonds is 4. The van der Waals surface area contributed by atoms with Gasteiger partial charge in [-0.05, 0) is 32.0 Å². The van der Waals surface area contributed by atoms with Gasteiger partial charge in [0.25, 0.3) is 23.6 Å². The molecule has 0 bridgehead atoms. The molecule has 1 aromatic carbocycles. The van der Waals surface area contributed by atoms with Crippen molar-refractivity contribution in [2.24, 2.45) is 0 Å². The first-order valence-corrected chi connectivity index (χ1v) is 7.91. The Balaban J connectivity index is 1.53. The van der Waals surface area contributed by atoms with E-state index < -0.39 is 30.2 Å². The number of hydrogen-bond acceptors (Lipinski definition) is 5. The number of benzene rings is 1. The second-order valence-electron chi connectivity index (χ2n) is 5.92. The Labute approximate surface area is 148 Å². The molecular weight excluding hydrogens is 338 g/mol. The minimum absolute atomic E-state index is 0.0625. The van der Waals surface area contributed by atoms with Crippen LogP contribution in [0.25, 0.3) is 0 Å². The van der Waals surface area contributed by atoms with Gasteiger partial charge in [-0.15, -0.1) is 0 Å². The normalized spacial score (nSPS) is 12.9. The van der Waals surface area contributed by atoms with Crippen LogP contribution in [0.3, 0.4) is 0 Å². The number of amides is 4. The molecule has 1 aliphatic heterocycles. The molecule has 0 unspecified atom stereocenters. The van der Waals surface area contributed by atoms with Crippen LogP contribution < -0.4 is 10.9 Å². The quantitative estimate of drug-likeness (QED) is 0.589. The van der Waals surface area contributed by atoms with Gasteiger partial charge in [0.15, 0.2) is 0 Å². The minimum atomic E-state index is -0.679. The zero-order valence-corrected chi connectivity index (χ0v) is 14.3. The third kappa shape index (κ3) is 3.32. The van der Waals surface area contributed by atoms with Crippen LogP contribution >= 0.6 is 0 Å². The molecule has 134 valence electrons. The highest BCUT2D eigenvalue weighted by molar-refractivity contribution is 6.22. The fraction of sp³-hybridized carbons (Fsp3) is 0.235. The summed E-state index contributed by atoms with van der Waals surface area (Å²) < 4.78 is 1.50. The van der Waals surface area contributed by atoms with Crippen molar-refractivity contribution in [3.05, 3.63) is 52.8 Å². The van der Waals surface area contributed by atoms with Crippen LogP contribution in [0, 0.1) is 13.8 Å². The summed E-state index contributed by atoms with van der Waals surface area (Å²) in [4.78, 5) is 49.1. The topological polar surface area (TPSA) is 113 Å². The zero-order valence-electron chi connectivity index (χ0n) is 14.3. The van der Waals surface area contributed by atoms with Crippen molar-refractivity contribution in [3.8, 4) is 0 Å². The van der Waals surface area contributed by atoms with E-state index in [2.05, 4.69) is 16.0 Å². The molecule has 26 heavy (non-hydrogen) atoms. The van der Waals surface area contributed by atoms with Crippen LogP contribution in [0.2, 0.25) is 0 Å². The Kier molecular flexibility index (Phi) is 4.53. The second kappa shape index (κ2) is 6.79. The van der Waals surface area contributed by atoms with Crippen molar-refractivity contribution < 1.29 is 19.2 Å². The summed E-state index contributed by atoms with van der Waals surface area (Å²) in [7, 11) is 0. The van der Waals surface area contributed by atoms with E-state index in [4.69, 9.17) is 0 Å². The highest BCUT2D eigenvalue weighted by atomic mass is 16.2. The van der Waals surface area contributed by atoms with Crippen LogP contribution in [0.15, 0.2) is 30.3 Å². The van der Waals surface area contributed by atoms with Crippen molar-refractivity contribution in [1.29, 1.82) is 0 Å². The maximum absolute atomic E-state index is 12.2. The number of hydrazine groups is 1. The Morgan fingerprint density at radius 3 is 2.00 bits per heavy atom. The lowest BCUT2D eigenvalue weighted by molar-refractivity contribution is -0.129. The number of fused-ring (bicyclic) bond motifs is 1. The smallest absolute Gasteiger partial charge is 0.262 e. The molecule has 3 rings (SSSR count). The average molecular weight is 355 g/mol. The number of nitrogens with zero attached hydrogens (tertiary/aromatic N) is 3. The summed E-state index contributed by atoms with van der Waals surface area (Å²) in [6, 6.07) is 8.18. The highest BCUT2D eigenvalue weighted by Gasteiger charge is 2.36. The summed E-state index contributed by atoms with van der Waals surface area (Å²) in [6.45, 7) is 3.08. The van der Waals surface area contributed by atoms with Gasteiger partial charge >= 0.3 is 0 Å². The second-order valence-corrected chi connectivity index (χ2v) is 5.92. The van der Waals surface area contributed by atoms with Gasteiger partial charge < -0.3 is 0 Å². The van der Waals surface area contributed by atoms with Crippen LogP contribution in [-0.4, -0.2) is 44.9 Å². The van der Waals surface area contributed by atoms with Crippen LogP contribution in [0.5, 0.6) is 0 Å². The van der Waals surface area contributed by atoms with Gasteiger partial charge in [-0.3, -0.25) is 39.6 Å². The van der Waals surface area contributed by atoms with Crippen LogP contribution in [-0.2, 0) is 16.1 Å². The third-order valence-corrected chi connectivity index (χ3v) is 3.92. The highest BCUT2D eigenvalue weighted by Crippen LogP contribution is 2.21. The zero-order chi connectivity index (χ0) is 18.8. The Morgan fingerprint density at radius 2 is 1.50 bits per heavy atom. The SMILES string of the molecule is Cc1cc(C)n(CC(=O)NNC(=O)CN2C(=O)c3ccccc3C2=O)n1. The van der Waals surface area contributed by atoms with Crippen molar-refractivity contribution in [2.45, 2.75) is 20.4 Å². The van der Waals surface area contributed by atoms with E-state index in [-0.39, 0.29) is 17.7 Å². The summed E-state index contributed by atoms with van der Waals surface area (Å²) in [5.74, 6) is -2.22. The van der Waals surface area contributed by atoms with Gasteiger partial charge in [0.2, 0.25) is 0 Å². The molecule has 4 amide bonds. The first-order valence-electron chi connectivity index (χ1n) is 7.91. The fourth-order valence-corrected chi connectivity index (χ4v) is 2.72. The summed E-state index contributed by atoms with van der Waals surface area (Å²) in [6.07, 6.45) is 0. The van der Waals surface area contributed by atoms with Gasteiger partial charge in [-0.25, -0.2) is 0 Å². The molecule has 9 heteroatoms. The maximum atomic E-state index is 12.2. The molecule has 1 aliphatic rings. The number of aryl methyl sites for hydroxylation is 2. The maximum Gasteiger partial charge on any atom is 0.262 e. The Bertz CT molecular complexity index is 883. The lowest BCUT2D eigenvalue weighted by Crippen LogP contribution is -2.48. The number of nitrogens with one attached hydrogen (secondary N) is 2. The molecule has 2 aromatic rings.